The zero-order valence-electron chi connectivity index (χ0n) is 14.6. The molecule has 0 amide bonds. The monoisotopic (exact) mass is 275 g/mol. The van der Waals surface area contributed by atoms with E-state index in [1.165, 1.54) is 29.5 Å². The highest BCUT2D eigenvalue weighted by atomic mass is 15.0. The predicted molar refractivity (Wildman–Crippen MR) is 90.4 cm³/mol. The first kappa shape index (κ1) is 17.2. The summed E-state index contributed by atoms with van der Waals surface area (Å²) in [5, 5.41) is 3.69. The van der Waals surface area contributed by atoms with Crippen molar-refractivity contribution in [3.05, 3.63) is 34.9 Å². The van der Waals surface area contributed by atoms with Gasteiger partial charge in [0.1, 0.15) is 0 Å². The Kier molecular flexibility index (Phi) is 5.82. The van der Waals surface area contributed by atoms with Crippen molar-refractivity contribution >= 4 is 0 Å². The van der Waals surface area contributed by atoms with Gasteiger partial charge < -0.3 is 5.32 Å². The minimum absolute atomic E-state index is 0.193. The van der Waals surface area contributed by atoms with E-state index in [4.69, 9.17) is 0 Å². The van der Waals surface area contributed by atoms with Crippen molar-refractivity contribution in [1.29, 1.82) is 0 Å². The van der Waals surface area contributed by atoms with Gasteiger partial charge in [-0.05, 0) is 69.6 Å². The van der Waals surface area contributed by atoms with Gasteiger partial charge in [0.15, 0.2) is 0 Å². The lowest BCUT2D eigenvalue weighted by molar-refractivity contribution is 0.243. The van der Waals surface area contributed by atoms with Crippen LogP contribution in [0.15, 0.2) is 18.2 Å². The van der Waals surface area contributed by atoms with Crippen molar-refractivity contribution in [2.75, 3.05) is 6.54 Å². The molecule has 20 heavy (non-hydrogen) atoms. The summed E-state index contributed by atoms with van der Waals surface area (Å²) in [6.07, 6.45) is 3.67. The first-order valence-electron chi connectivity index (χ1n) is 7.96. The summed E-state index contributed by atoms with van der Waals surface area (Å²) in [6, 6.07) is 6.92. The Hall–Kier alpha value is -0.820. The lowest BCUT2D eigenvalue weighted by atomic mass is 9.78. The molecular formula is C19H33N. The van der Waals surface area contributed by atoms with Crippen LogP contribution in [0.2, 0.25) is 0 Å². The molecule has 114 valence electrons. The summed E-state index contributed by atoms with van der Waals surface area (Å²) in [4.78, 5) is 0. The molecule has 0 saturated heterocycles. The second kappa shape index (κ2) is 6.76. The molecule has 0 aliphatic carbocycles. The molecule has 0 heterocycles. The minimum atomic E-state index is 0.193. The van der Waals surface area contributed by atoms with Crippen LogP contribution in [0.1, 0.15) is 64.2 Å². The van der Waals surface area contributed by atoms with Gasteiger partial charge in [-0.3, -0.25) is 0 Å². The van der Waals surface area contributed by atoms with Crippen LogP contribution < -0.4 is 5.32 Å². The molecule has 0 fully saturated rings. The maximum Gasteiger partial charge on any atom is 0.00967 e. The fourth-order valence-electron chi connectivity index (χ4n) is 2.73. The van der Waals surface area contributed by atoms with Crippen molar-refractivity contribution in [1.82, 2.24) is 5.32 Å². The van der Waals surface area contributed by atoms with Crippen LogP contribution in [0.3, 0.4) is 0 Å². The minimum Gasteiger partial charge on any atom is -0.312 e. The molecule has 1 N–H and O–H groups in total. The largest absolute Gasteiger partial charge is 0.312 e. The number of aryl methyl sites for hydroxylation is 2. The fourth-order valence-corrected chi connectivity index (χ4v) is 2.73. The summed E-state index contributed by atoms with van der Waals surface area (Å²) in [6.45, 7) is 16.9. The van der Waals surface area contributed by atoms with Crippen LogP contribution in [0, 0.1) is 19.3 Å². The quantitative estimate of drug-likeness (QED) is 0.767. The van der Waals surface area contributed by atoms with Crippen LogP contribution in [-0.4, -0.2) is 12.1 Å². The Morgan fingerprint density at radius 2 is 1.65 bits per heavy atom. The zero-order chi connectivity index (χ0) is 15.4. The molecule has 1 unspecified atom stereocenters. The average Bonchev–Trinajstić information content (AvgIpc) is 2.31. The van der Waals surface area contributed by atoms with Gasteiger partial charge in [0.25, 0.3) is 0 Å². The number of hydrogen-bond donors (Lipinski definition) is 1. The van der Waals surface area contributed by atoms with E-state index in [-0.39, 0.29) is 5.54 Å². The highest BCUT2D eigenvalue weighted by molar-refractivity contribution is 5.30. The topological polar surface area (TPSA) is 12.0 Å². The Morgan fingerprint density at radius 3 is 2.15 bits per heavy atom. The molecule has 1 heteroatoms. The molecule has 0 saturated carbocycles. The third-order valence-corrected chi connectivity index (χ3v) is 4.10. The third kappa shape index (κ3) is 5.66. The average molecular weight is 275 g/mol. The van der Waals surface area contributed by atoms with E-state index < -0.39 is 0 Å². The van der Waals surface area contributed by atoms with Crippen molar-refractivity contribution in [2.24, 2.45) is 5.41 Å². The van der Waals surface area contributed by atoms with E-state index in [2.05, 4.69) is 72.0 Å². The summed E-state index contributed by atoms with van der Waals surface area (Å²) >= 11 is 0. The van der Waals surface area contributed by atoms with E-state index in [1.807, 2.05) is 0 Å². The smallest absolute Gasteiger partial charge is 0.00967 e. The van der Waals surface area contributed by atoms with Gasteiger partial charge in [0.05, 0.1) is 0 Å². The van der Waals surface area contributed by atoms with Gasteiger partial charge in [0.2, 0.25) is 0 Å². The Morgan fingerprint density at radius 1 is 1.00 bits per heavy atom. The molecule has 0 aliphatic rings. The number of hydrogen-bond acceptors (Lipinski definition) is 1. The van der Waals surface area contributed by atoms with Crippen molar-refractivity contribution in [3.8, 4) is 0 Å². The van der Waals surface area contributed by atoms with Gasteiger partial charge >= 0.3 is 0 Å². The van der Waals surface area contributed by atoms with Crippen molar-refractivity contribution < 1.29 is 0 Å². The molecule has 1 aromatic carbocycles. The highest BCUT2D eigenvalue weighted by Crippen LogP contribution is 2.29. The van der Waals surface area contributed by atoms with Gasteiger partial charge in [-0.15, -0.1) is 0 Å². The second-order valence-corrected chi connectivity index (χ2v) is 7.76. The van der Waals surface area contributed by atoms with E-state index in [0.717, 1.165) is 13.0 Å². The SMILES string of the molecule is CCCC(C)(CNC(C)(C)C)Cc1ccc(C)c(C)c1. The van der Waals surface area contributed by atoms with Crippen LogP contribution in [0.25, 0.3) is 0 Å². The molecule has 1 rings (SSSR count). The van der Waals surface area contributed by atoms with Crippen molar-refractivity contribution in [2.45, 2.75) is 73.3 Å². The standard InChI is InChI=1S/C19H33N/c1-8-11-19(7,14-20-18(4,5)6)13-17-10-9-15(2)16(3)12-17/h9-10,12,20H,8,11,13-14H2,1-7H3. The first-order chi connectivity index (χ1) is 9.15. The first-order valence-corrected chi connectivity index (χ1v) is 7.96. The molecule has 0 aromatic heterocycles. The van der Waals surface area contributed by atoms with Crippen molar-refractivity contribution in [3.63, 3.8) is 0 Å². The molecular weight excluding hydrogens is 242 g/mol. The van der Waals surface area contributed by atoms with Gasteiger partial charge in [0, 0.05) is 12.1 Å². The third-order valence-electron chi connectivity index (χ3n) is 4.10. The van der Waals surface area contributed by atoms with Crippen LogP contribution in [-0.2, 0) is 6.42 Å². The van der Waals surface area contributed by atoms with Crippen LogP contribution in [0.5, 0.6) is 0 Å². The summed E-state index contributed by atoms with van der Waals surface area (Å²) in [5.41, 5.74) is 4.80. The van der Waals surface area contributed by atoms with E-state index in [9.17, 15) is 0 Å². The van der Waals surface area contributed by atoms with E-state index in [0.29, 0.717) is 5.41 Å². The Bertz CT molecular complexity index is 428. The molecule has 0 bridgehead atoms. The molecule has 1 nitrogen and oxygen atoms in total. The van der Waals surface area contributed by atoms with E-state index >= 15 is 0 Å². The van der Waals surface area contributed by atoms with E-state index in [1.54, 1.807) is 0 Å². The molecule has 1 atom stereocenters. The lowest BCUT2D eigenvalue weighted by Gasteiger charge is -2.34. The predicted octanol–water partition coefficient (Wildman–Crippen LogP) is 5.04. The summed E-state index contributed by atoms with van der Waals surface area (Å²) in [5.74, 6) is 0. The zero-order valence-corrected chi connectivity index (χ0v) is 14.6. The van der Waals surface area contributed by atoms with Crippen LogP contribution in [0.4, 0.5) is 0 Å². The maximum absolute atomic E-state index is 3.69. The Balaban J connectivity index is 2.81. The van der Waals surface area contributed by atoms with Gasteiger partial charge in [-0.2, -0.15) is 0 Å². The van der Waals surface area contributed by atoms with Gasteiger partial charge in [-0.25, -0.2) is 0 Å². The molecule has 0 aliphatic heterocycles. The summed E-state index contributed by atoms with van der Waals surface area (Å²) < 4.78 is 0. The second-order valence-electron chi connectivity index (χ2n) is 7.76. The highest BCUT2D eigenvalue weighted by Gasteiger charge is 2.25. The summed E-state index contributed by atoms with van der Waals surface area (Å²) in [7, 11) is 0. The van der Waals surface area contributed by atoms with Gasteiger partial charge in [-0.1, -0.05) is 38.5 Å². The number of nitrogens with one attached hydrogen (secondary N) is 1. The fraction of sp³-hybridized carbons (Fsp3) is 0.684. The number of benzene rings is 1. The van der Waals surface area contributed by atoms with Crippen LogP contribution >= 0.6 is 0 Å². The normalized spacial score (nSPS) is 15.2. The number of rotatable bonds is 6. The Labute approximate surface area is 126 Å². The molecule has 0 radical (unpaired) electrons. The maximum atomic E-state index is 3.69. The lowest BCUT2D eigenvalue weighted by Crippen LogP contribution is -2.43. The molecule has 1 aromatic rings. The molecule has 0 spiro atoms.